The van der Waals surface area contributed by atoms with E-state index in [1.165, 1.54) is 109 Å². The van der Waals surface area contributed by atoms with Gasteiger partial charge in [-0.05, 0) is 121 Å². The average molecular weight is 870 g/mol. The molecule has 0 atom stereocenters. The smallest absolute Gasteiger partial charge is 0.333 e. The van der Waals surface area contributed by atoms with Crippen molar-refractivity contribution in [2.75, 3.05) is 4.81 Å². The normalized spacial score (nSPS) is 14.7. The van der Waals surface area contributed by atoms with Crippen LogP contribution in [0.4, 0.5) is 11.4 Å². The standard InChI is InChI=1S/C60H48BN3OS/c1-58(2,3)34-18-21-36(22-19-34)64-50-29-46-41(37-23-20-35(59(4,5)6)26-45(37)60(46,7)8)27-42(50)39-24-25-40-43-28-44-38-16-12-13-17-53(38)66-54(44)32-49(43)63-51-31-52-48(30-47(51)61(64)55(39)56(40)63)62-57(65-52)33-14-10-9-11-15-33/h9-32H,1-8H3. The molecule has 0 spiro atoms. The van der Waals surface area contributed by atoms with Crippen LogP contribution in [0, 0.1) is 0 Å². The fourth-order valence-electron chi connectivity index (χ4n) is 11.8. The number of oxazole rings is 1. The highest BCUT2D eigenvalue weighted by atomic mass is 32.1. The molecular formula is C60H48BN3OS. The van der Waals surface area contributed by atoms with Gasteiger partial charge in [0.15, 0.2) is 5.58 Å². The van der Waals surface area contributed by atoms with Crippen LogP contribution in [0.25, 0.3) is 92.5 Å². The van der Waals surface area contributed by atoms with Crippen molar-refractivity contribution in [3.63, 3.8) is 0 Å². The Morgan fingerprint density at radius 2 is 1.30 bits per heavy atom. The van der Waals surface area contributed by atoms with Crippen LogP contribution in [0.1, 0.15) is 77.6 Å². The first-order valence-corrected chi connectivity index (χ1v) is 24.2. The first kappa shape index (κ1) is 38.4. The largest absolute Gasteiger partial charge is 0.436 e. The summed E-state index contributed by atoms with van der Waals surface area (Å²) in [6.07, 6.45) is 0. The van der Waals surface area contributed by atoms with Crippen molar-refractivity contribution in [2.24, 2.45) is 0 Å². The van der Waals surface area contributed by atoms with E-state index in [0.717, 1.165) is 22.4 Å². The first-order valence-electron chi connectivity index (χ1n) is 23.4. The number of nitrogens with zero attached hydrogens (tertiary/aromatic N) is 3. The number of benzene rings is 8. The molecule has 11 aromatic rings. The Hall–Kier alpha value is -6.89. The lowest BCUT2D eigenvalue weighted by molar-refractivity contribution is 0.584. The van der Waals surface area contributed by atoms with Crippen LogP contribution in [0.3, 0.4) is 0 Å². The molecule has 1 aliphatic carbocycles. The molecule has 0 saturated heterocycles. The highest BCUT2D eigenvalue weighted by Gasteiger charge is 2.46. The lowest BCUT2D eigenvalue weighted by Crippen LogP contribution is -2.60. The second kappa shape index (κ2) is 12.7. The van der Waals surface area contributed by atoms with Gasteiger partial charge in [-0.25, -0.2) is 4.98 Å². The third kappa shape index (κ3) is 5.08. The summed E-state index contributed by atoms with van der Waals surface area (Å²) in [5.74, 6) is 0.635. The maximum atomic E-state index is 6.72. The Labute approximate surface area is 389 Å². The second-order valence-corrected chi connectivity index (χ2v) is 22.7. The Morgan fingerprint density at radius 3 is 2.09 bits per heavy atom. The number of hydrogen-bond acceptors (Lipinski definition) is 4. The molecule has 5 heterocycles. The molecule has 14 rings (SSSR count). The fraction of sp³-hybridized carbons (Fsp3) is 0.183. The summed E-state index contributed by atoms with van der Waals surface area (Å²) in [4.78, 5) is 7.89. The highest BCUT2D eigenvalue weighted by Crippen LogP contribution is 2.55. The predicted octanol–water partition coefficient (Wildman–Crippen LogP) is 15.1. The number of rotatable bonds is 2. The van der Waals surface area contributed by atoms with Gasteiger partial charge >= 0.3 is 6.85 Å². The molecule has 4 nitrogen and oxygen atoms in total. The lowest BCUT2D eigenvalue weighted by Gasteiger charge is -2.42. The zero-order valence-electron chi connectivity index (χ0n) is 38.6. The summed E-state index contributed by atoms with van der Waals surface area (Å²) in [7, 11) is 0. The van der Waals surface area contributed by atoms with E-state index in [2.05, 4.69) is 192 Å². The molecule has 318 valence electrons. The predicted molar refractivity (Wildman–Crippen MR) is 281 cm³/mol. The van der Waals surface area contributed by atoms with Crippen molar-refractivity contribution in [2.45, 2.75) is 71.6 Å². The third-order valence-corrected chi connectivity index (χ3v) is 16.4. The van der Waals surface area contributed by atoms with Crippen LogP contribution in [0.15, 0.2) is 150 Å². The molecule has 0 N–H and O–H groups in total. The summed E-state index contributed by atoms with van der Waals surface area (Å²) in [5.41, 5.74) is 21.8. The Balaban J connectivity index is 1.12. The van der Waals surface area contributed by atoms with Gasteiger partial charge in [0, 0.05) is 70.6 Å². The monoisotopic (exact) mass is 869 g/mol. The summed E-state index contributed by atoms with van der Waals surface area (Å²) < 4.78 is 11.9. The third-order valence-electron chi connectivity index (χ3n) is 15.3. The number of thiophene rings is 1. The van der Waals surface area contributed by atoms with E-state index in [1.807, 2.05) is 29.5 Å². The molecule has 0 radical (unpaired) electrons. The molecule has 3 aliphatic rings. The quantitative estimate of drug-likeness (QED) is 0.162. The summed E-state index contributed by atoms with van der Waals surface area (Å²) in [6.45, 7) is 18.6. The minimum absolute atomic E-state index is 0.0199. The van der Waals surface area contributed by atoms with E-state index in [0.29, 0.717) is 5.89 Å². The van der Waals surface area contributed by atoms with Crippen molar-refractivity contribution >= 4 is 93.6 Å². The Bertz CT molecular complexity index is 3930. The van der Waals surface area contributed by atoms with E-state index in [4.69, 9.17) is 9.40 Å². The zero-order valence-corrected chi connectivity index (χ0v) is 39.4. The van der Waals surface area contributed by atoms with Crippen molar-refractivity contribution < 1.29 is 4.42 Å². The molecule has 8 aromatic carbocycles. The summed E-state index contributed by atoms with van der Waals surface area (Å²) >= 11 is 1.88. The second-order valence-electron chi connectivity index (χ2n) is 21.6. The van der Waals surface area contributed by atoms with Gasteiger partial charge in [-0.15, -0.1) is 11.3 Å². The van der Waals surface area contributed by atoms with E-state index in [-0.39, 0.29) is 23.1 Å². The van der Waals surface area contributed by atoms with Crippen molar-refractivity contribution in [1.82, 2.24) is 9.55 Å². The van der Waals surface area contributed by atoms with E-state index >= 15 is 0 Å². The van der Waals surface area contributed by atoms with Gasteiger partial charge in [0.05, 0.1) is 11.0 Å². The van der Waals surface area contributed by atoms with Crippen LogP contribution in [-0.2, 0) is 16.2 Å². The molecule has 0 fully saturated rings. The molecule has 6 heteroatoms. The highest BCUT2D eigenvalue weighted by molar-refractivity contribution is 7.25. The van der Waals surface area contributed by atoms with Crippen molar-refractivity contribution in [3.8, 4) is 39.4 Å². The molecule has 3 aromatic heterocycles. The Morgan fingerprint density at radius 1 is 0.576 bits per heavy atom. The molecule has 0 bridgehead atoms. The lowest BCUT2D eigenvalue weighted by atomic mass is 9.44. The van der Waals surface area contributed by atoms with Gasteiger partial charge in [-0.1, -0.05) is 134 Å². The van der Waals surface area contributed by atoms with E-state index in [9.17, 15) is 0 Å². The molecule has 0 unspecified atom stereocenters. The number of anilines is 2. The van der Waals surface area contributed by atoms with Crippen molar-refractivity contribution in [3.05, 3.63) is 168 Å². The minimum Gasteiger partial charge on any atom is -0.436 e. The maximum absolute atomic E-state index is 6.72. The number of aromatic nitrogens is 2. The van der Waals surface area contributed by atoms with Gasteiger partial charge in [-0.2, -0.15) is 0 Å². The van der Waals surface area contributed by atoms with Crippen LogP contribution in [0.5, 0.6) is 0 Å². The van der Waals surface area contributed by atoms with Gasteiger partial charge in [0.1, 0.15) is 5.52 Å². The molecule has 66 heavy (non-hydrogen) atoms. The van der Waals surface area contributed by atoms with Crippen molar-refractivity contribution in [1.29, 1.82) is 0 Å². The molecule has 0 saturated carbocycles. The van der Waals surface area contributed by atoms with Gasteiger partial charge in [0.25, 0.3) is 0 Å². The number of hydrogen-bond donors (Lipinski definition) is 0. The first-order chi connectivity index (χ1) is 31.7. The molecule has 2 aliphatic heterocycles. The Kier molecular flexibility index (Phi) is 7.39. The van der Waals surface area contributed by atoms with Crippen LogP contribution in [-0.4, -0.2) is 16.4 Å². The van der Waals surface area contributed by atoms with Crippen LogP contribution in [0.2, 0.25) is 0 Å². The van der Waals surface area contributed by atoms with Crippen LogP contribution < -0.4 is 15.7 Å². The van der Waals surface area contributed by atoms with Gasteiger partial charge in [0.2, 0.25) is 5.89 Å². The van der Waals surface area contributed by atoms with Crippen LogP contribution >= 0.6 is 11.3 Å². The molecule has 0 amide bonds. The van der Waals surface area contributed by atoms with Gasteiger partial charge < -0.3 is 13.8 Å². The minimum atomic E-state index is -0.193. The van der Waals surface area contributed by atoms with E-state index < -0.39 is 0 Å². The topological polar surface area (TPSA) is 34.2 Å². The number of fused-ring (bicyclic) bond motifs is 15. The maximum Gasteiger partial charge on any atom is 0.333 e. The van der Waals surface area contributed by atoms with Gasteiger partial charge in [-0.3, -0.25) is 0 Å². The molecular weight excluding hydrogens is 822 g/mol. The summed E-state index contributed by atoms with van der Waals surface area (Å²) in [6, 6.07) is 55.3. The summed E-state index contributed by atoms with van der Waals surface area (Å²) in [5, 5.41) is 5.16. The fourth-order valence-corrected chi connectivity index (χ4v) is 13.0. The average Bonchev–Trinajstić information content (AvgIpc) is 4.04. The zero-order chi connectivity index (χ0) is 44.8. The van der Waals surface area contributed by atoms with E-state index in [1.54, 1.807) is 0 Å². The SMILES string of the molecule is CC(C)(C)c1ccc(N2B3c4cc5nc(-c6ccccc6)oc5cc4-n4c5cc6sc7ccccc7c6cc5c5ccc(c3c54)-c3cc4c(cc32)C(C)(C)c2cc(C(C)(C)C)ccc2-4)cc1.